The van der Waals surface area contributed by atoms with Crippen LogP contribution in [0.2, 0.25) is 0 Å². The van der Waals surface area contributed by atoms with Crippen LogP contribution in [-0.2, 0) is 5.54 Å². The summed E-state index contributed by atoms with van der Waals surface area (Å²) in [4.78, 5) is 14.7. The fourth-order valence-corrected chi connectivity index (χ4v) is 3.51. The lowest BCUT2D eigenvalue weighted by molar-refractivity contribution is -0.870. The Morgan fingerprint density at radius 1 is 0.962 bits per heavy atom. The van der Waals surface area contributed by atoms with E-state index in [4.69, 9.17) is 0 Å². The minimum Gasteiger partial charge on any atom is -1.00 e. The van der Waals surface area contributed by atoms with Gasteiger partial charge in [-0.1, -0.05) is 60.7 Å². The highest BCUT2D eigenvalue weighted by molar-refractivity contribution is 5.79. The van der Waals surface area contributed by atoms with Crippen LogP contribution >= 0.6 is 0 Å². The third kappa shape index (κ3) is 4.57. The van der Waals surface area contributed by atoms with Crippen LogP contribution < -0.4 is 29.3 Å². The Bertz CT molecular complexity index is 674. The summed E-state index contributed by atoms with van der Waals surface area (Å²) in [5.74, 6) is 0. The van der Waals surface area contributed by atoms with Gasteiger partial charge in [-0.15, -0.1) is 0 Å². The molecule has 0 saturated carbocycles. The number of rotatable bonds is 6. The molecule has 4 nitrogen and oxygen atoms in total. The zero-order chi connectivity index (χ0) is 17.9. The van der Waals surface area contributed by atoms with Crippen LogP contribution in [0.25, 0.3) is 0 Å². The lowest BCUT2D eigenvalue weighted by Gasteiger charge is -2.30. The fraction of sp³-hybridized carbons (Fsp3) is 0.381. The van der Waals surface area contributed by atoms with Crippen LogP contribution in [0, 0.1) is 0 Å². The van der Waals surface area contributed by atoms with Gasteiger partial charge in [0.2, 0.25) is 0 Å². The molecule has 1 saturated heterocycles. The van der Waals surface area contributed by atoms with E-state index < -0.39 is 5.54 Å². The third-order valence-corrected chi connectivity index (χ3v) is 4.83. The zero-order valence-corrected chi connectivity index (χ0v) is 17.9. The highest BCUT2D eigenvalue weighted by Gasteiger charge is 2.44. The number of hydrogen-bond donors (Lipinski definition) is 1. The van der Waals surface area contributed by atoms with Gasteiger partial charge in [0.05, 0.1) is 34.2 Å². The molecule has 1 fully saturated rings. The van der Waals surface area contributed by atoms with Gasteiger partial charge in [0.1, 0.15) is 5.54 Å². The molecule has 0 aromatic heterocycles. The van der Waals surface area contributed by atoms with Crippen molar-refractivity contribution in [2.24, 2.45) is 0 Å². The minimum absolute atomic E-state index is 0. The van der Waals surface area contributed by atoms with Gasteiger partial charge in [-0.25, -0.2) is 4.79 Å². The highest BCUT2D eigenvalue weighted by atomic mass is 127. The summed E-state index contributed by atoms with van der Waals surface area (Å²) in [6.07, 6.45) is 0.997. The van der Waals surface area contributed by atoms with Crippen molar-refractivity contribution in [3.63, 3.8) is 0 Å². The molecule has 3 rings (SSSR count). The molecule has 140 valence electrons. The van der Waals surface area contributed by atoms with E-state index in [0.717, 1.165) is 35.1 Å². The molecule has 5 heteroatoms. The SMILES string of the molecule is C[N+](C)(C)CCCN1CC(c2ccccc2)(c2ccccc2)NC1=O.[I-]. The Balaban J connectivity index is 0.00000243. The van der Waals surface area contributed by atoms with Gasteiger partial charge < -0.3 is 38.7 Å². The quantitative estimate of drug-likeness (QED) is 0.475. The molecule has 1 aliphatic rings. The Kier molecular flexibility index (Phi) is 6.69. The van der Waals surface area contributed by atoms with Crippen molar-refractivity contribution in [1.29, 1.82) is 0 Å². The van der Waals surface area contributed by atoms with Gasteiger partial charge >= 0.3 is 6.03 Å². The Hall–Kier alpha value is -1.60. The lowest BCUT2D eigenvalue weighted by atomic mass is 9.83. The summed E-state index contributed by atoms with van der Waals surface area (Å²) in [5.41, 5.74) is 1.78. The van der Waals surface area contributed by atoms with Crippen molar-refractivity contribution < 1.29 is 33.3 Å². The third-order valence-electron chi connectivity index (χ3n) is 4.83. The second-order valence-corrected chi connectivity index (χ2v) is 7.86. The Morgan fingerprint density at radius 2 is 1.46 bits per heavy atom. The molecule has 0 atom stereocenters. The van der Waals surface area contributed by atoms with Gasteiger partial charge in [-0.05, 0) is 11.1 Å². The van der Waals surface area contributed by atoms with E-state index in [1.54, 1.807) is 0 Å². The standard InChI is InChI=1S/C21H27N3O.HI/c1-24(2,3)16-10-15-23-17-21(22-20(23)25,18-11-6-4-7-12-18)19-13-8-5-9-14-19;/h4-9,11-14H,10,15-17H2,1-3H3;1H. The molecule has 0 bridgehead atoms. The average Bonchev–Trinajstić information content (AvgIpc) is 2.93. The van der Waals surface area contributed by atoms with Crippen molar-refractivity contribution in [3.05, 3.63) is 71.8 Å². The summed E-state index contributed by atoms with van der Waals surface area (Å²) in [7, 11) is 6.55. The zero-order valence-electron chi connectivity index (χ0n) is 15.8. The molecule has 1 aliphatic heterocycles. The van der Waals surface area contributed by atoms with Crippen LogP contribution in [0.1, 0.15) is 17.5 Å². The molecular formula is C21H28IN3O. The van der Waals surface area contributed by atoms with Crippen LogP contribution in [0.3, 0.4) is 0 Å². The summed E-state index contributed by atoms with van der Waals surface area (Å²) >= 11 is 0. The molecule has 1 heterocycles. The number of amides is 2. The largest absolute Gasteiger partial charge is 1.00 e. The Morgan fingerprint density at radius 3 is 1.92 bits per heavy atom. The predicted octanol–water partition coefficient (Wildman–Crippen LogP) is 0.0557. The number of carbonyl (C=O) groups excluding carboxylic acids is 1. The van der Waals surface area contributed by atoms with E-state index in [1.165, 1.54) is 0 Å². The molecular weight excluding hydrogens is 437 g/mol. The van der Waals surface area contributed by atoms with Gasteiger partial charge in [0, 0.05) is 13.0 Å². The second-order valence-electron chi connectivity index (χ2n) is 7.86. The van der Waals surface area contributed by atoms with E-state index in [1.807, 2.05) is 41.3 Å². The van der Waals surface area contributed by atoms with Gasteiger partial charge in [0.15, 0.2) is 0 Å². The first-order valence-corrected chi connectivity index (χ1v) is 8.89. The number of urea groups is 1. The van der Waals surface area contributed by atoms with E-state index in [9.17, 15) is 4.79 Å². The summed E-state index contributed by atoms with van der Waals surface area (Å²) in [6.45, 7) is 2.49. The summed E-state index contributed by atoms with van der Waals surface area (Å²) in [6, 6.07) is 20.6. The minimum atomic E-state index is -0.476. The normalized spacial score (nSPS) is 16.1. The van der Waals surface area contributed by atoms with E-state index >= 15 is 0 Å². The molecule has 1 N–H and O–H groups in total. The predicted molar refractivity (Wildman–Crippen MR) is 101 cm³/mol. The number of halogens is 1. The maximum absolute atomic E-state index is 12.7. The van der Waals surface area contributed by atoms with Crippen LogP contribution in [0.4, 0.5) is 4.79 Å². The van der Waals surface area contributed by atoms with Gasteiger partial charge in [-0.2, -0.15) is 0 Å². The molecule has 2 amide bonds. The maximum atomic E-state index is 12.7. The summed E-state index contributed by atoms with van der Waals surface area (Å²) < 4.78 is 0.915. The molecule has 0 unspecified atom stereocenters. The van der Waals surface area contributed by atoms with Crippen molar-refractivity contribution in [1.82, 2.24) is 10.2 Å². The molecule has 2 aromatic rings. The van der Waals surface area contributed by atoms with E-state index in [2.05, 4.69) is 50.7 Å². The topological polar surface area (TPSA) is 32.3 Å². The first-order chi connectivity index (χ1) is 11.9. The second kappa shape index (κ2) is 8.39. The molecule has 0 spiro atoms. The maximum Gasteiger partial charge on any atom is 0.318 e. The van der Waals surface area contributed by atoms with Crippen LogP contribution in [-0.4, -0.2) is 56.2 Å². The van der Waals surface area contributed by atoms with Crippen molar-refractivity contribution in [3.8, 4) is 0 Å². The number of benzene rings is 2. The number of nitrogens with one attached hydrogen (secondary N) is 1. The number of nitrogens with zero attached hydrogens (tertiary/aromatic N) is 2. The number of hydrogen-bond acceptors (Lipinski definition) is 1. The number of quaternary nitrogens is 1. The highest BCUT2D eigenvalue weighted by Crippen LogP contribution is 2.34. The van der Waals surface area contributed by atoms with E-state index in [0.29, 0.717) is 6.54 Å². The first kappa shape index (κ1) is 20.7. The molecule has 2 aromatic carbocycles. The van der Waals surface area contributed by atoms with Crippen molar-refractivity contribution >= 4 is 6.03 Å². The van der Waals surface area contributed by atoms with Crippen LogP contribution in [0.5, 0.6) is 0 Å². The lowest BCUT2D eigenvalue weighted by Crippen LogP contribution is -3.00. The average molecular weight is 465 g/mol. The molecule has 26 heavy (non-hydrogen) atoms. The monoisotopic (exact) mass is 465 g/mol. The van der Waals surface area contributed by atoms with E-state index in [-0.39, 0.29) is 30.0 Å². The molecule has 0 aliphatic carbocycles. The van der Waals surface area contributed by atoms with Gasteiger partial charge in [-0.3, -0.25) is 0 Å². The fourth-order valence-electron chi connectivity index (χ4n) is 3.51. The number of carbonyl (C=O) groups is 1. The van der Waals surface area contributed by atoms with Crippen molar-refractivity contribution in [2.75, 3.05) is 40.8 Å². The molecule has 0 radical (unpaired) electrons. The first-order valence-electron chi connectivity index (χ1n) is 8.89. The van der Waals surface area contributed by atoms with Gasteiger partial charge in [0.25, 0.3) is 0 Å². The Labute approximate surface area is 173 Å². The van der Waals surface area contributed by atoms with Crippen molar-refractivity contribution in [2.45, 2.75) is 12.0 Å². The summed E-state index contributed by atoms with van der Waals surface area (Å²) in [5, 5.41) is 3.28. The smallest absolute Gasteiger partial charge is 0.318 e. The van der Waals surface area contributed by atoms with Crippen LogP contribution in [0.15, 0.2) is 60.7 Å².